The maximum atomic E-state index is 6.47. The molecule has 0 unspecified atom stereocenters. The standard InChI is InChI=1S/C41H26N2O/c1-3-13-27(14-4-1)28-25-35(42-36(26-28)33-21-11-19-31-30-17-8-10-24-39(30)44-41(31)33)32-20-12-23-38-40(32)34-18-7-9-22-37(34)43(38)29-15-5-2-6-16-29/h1-26H. The number of hydrogen-bond acceptors (Lipinski definition) is 2. The molecule has 0 saturated carbocycles. The number of para-hydroxylation sites is 4. The molecule has 3 nitrogen and oxygen atoms in total. The number of fused-ring (bicyclic) bond motifs is 6. The van der Waals surface area contributed by atoms with Crippen LogP contribution in [-0.2, 0) is 0 Å². The van der Waals surface area contributed by atoms with Crippen LogP contribution in [0.5, 0.6) is 0 Å². The molecule has 0 bridgehead atoms. The van der Waals surface area contributed by atoms with Crippen LogP contribution < -0.4 is 0 Å². The zero-order valence-corrected chi connectivity index (χ0v) is 23.8. The van der Waals surface area contributed by atoms with Crippen molar-refractivity contribution in [1.82, 2.24) is 9.55 Å². The second kappa shape index (κ2) is 9.82. The molecular formula is C41H26N2O. The van der Waals surface area contributed by atoms with Crippen molar-refractivity contribution in [3.8, 4) is 39.3 Å². The highest BCUT2D eigenvalue weighted by Crippen LogP contribution is 2.41. The van der Waals surface area contributed by atoms with Gasteiger partial charge in [-0.25, -0.2) is 4.98 Å². The summed E-state index contributed by atoms with van der Waals surface area (Å²) in [5.41, 5.74) is 11.4. The number of rotatable bonds is 4. The summed E-state index contributed by atoms with van der Waals surface area (Å²) in [6.07, 6.45) is 0. The van der Waals surface area contributed by atoms with Crippen LogP contribution in [0.3, 0.4) is 0 Å². The molecule has 9 aromatic rings. The average Bonchev–Trinajstić information content (AvgIpc) is 3.65. The molecule has 44 heavy (non-hydrogen) atoms. The van der Waals surface area contributed by atoms with Crippen molar-refractivity contribution in [3.05, 3.63) is 158 Å². The highest BCUT2D eigenvalue weighted by molar-refractivity contribution is 6.16. The van der Waals surface area contributed by atoms with Crippen LogP contribution in [0.2, 0.25) is 0 Å². The Bertz CT molecular complexity index is 2490. The summed E-state index contributed by atoms with van der Waals surface area (Å²) in [7, 11) is 0. The van der Waals surface area contributed by atoms with Crippen molar-refractivity contribution in [2.75, 3.05) is 0 Å². The molecule has 6 aromatic carbocycles. The minimum Gasteiger partial charge on any atom is -0.455 e. The highest BCUT2D eigenvalue weighted by atomic mass is 16.3. The van der Waals surface area contributed by atoms with Gasteiger partial charge in [0.25, 0.3) is 0 Å². The van der Waals surface area contributed by atoms with E-state index in [4.69, 9.17) is 9.40 Å². The van der Waals surface area contributed by atoms with E-state index in [1.807, 2.05) is 12.1 Å². The third-order valence-corrected chi connectivity index (χ3v) is 8.60. The molecule has 0 aliphatic heterocycles. The normalized spacial score (nSPS) is 11.6. The number of furan rings is 1. The number of pyridine rings is 1. The summed E-state index contributed by atoms with van der Waals surface area (Å²) in [6.45, 7) is 0. The Morgan fingerprint density at radius 1 is 0.455 bits per heavy atom. The van der Waals surface area contributed by atoms with Gasteiger partial charge in [0.05, 0.1) is 22.4 Å². The first kappa shape index (κ1) is 24.6. The molecule has 0 saturated heterocycles. The lowest BCUT2D eigenvalue weighted by molar-refractivity contribution is 0.670. The topological polar surface area (TPSA) is 31.0 Å². The zero-order chi connectivity index (χ0) is 29.0. The molecule has 0 fully saturated rings. The minimum atomic E-state index is 0.858. The number of nitrogens with zero attached hydrogens (tertiary/aromatic N) is 2. The van der Waals surface area contributed by atoms with Crippen LogP contribution in [-0.4, -0.2) is 9.55 Å². The third kappa shape index (κ3) is 3.80. The van der Waals surface area contributed by atoms with E-state index in [1.165, 1.54) is 16.3 Å². The molecular weight excluding hydrogens is 536 g/mol. The molecule has 0 radical (unpaired) electrons. The number of hydrogen-bond donors (Lipinski definition) is 0. The monoisotopic (exact) mass is 562 g/mol. The Labute approximate surface area is 254 Å². The fraction of sp³-hybridized carbons (Fsp3) is 0. The van der Waals surface area contributed by atoms with Gasteiger partial charge in [-0.15, -0.1) is 0 Å². The second-order valence-corrected chi connectivity index (χ2v) is 11.2. The lowest BCUT2D eigenvalue weighted by Gasteiger charge is -2.12. The lowest BCUT2D eigenvalue weighted by Crippen LogP contribution is -1.94. The van der Waals surface area contributed by atoms with E-state index >= 15 is 0 Å². The summed E-state index contributed by atoms with van der Waals surface area (Å²) in [4.78, 5) is 5.39. The smallest absolute Gasteiger partial charge is 0.144 e. The molecule has 0 spiro atoms. The van der Waals surface area contributed by atoms with Gasteiger partial charge < -0.3 is 8.98 Å². The summed E-state index contributed by atoms with van der Waals surface area (Å²) >= 11 is 0. The molecule has 206 valence electrons. The first-order valence-corrected chi connectivity index (χ1v) is 14.9. The van der Waals surface area contributed by atoms with Gasteiger partial charge in [0, 0.05) is 38.4 Å². The third-order valence-electron chi connectivity index (χ3n) is 8.60. The Hall–Kier alpha value is -5.93. The predicted molar refractivity (Wildman–Crippen MR) is 182 cm³/mol. The molecule has 9 rings (SSSR count). The van der Waals surface area contributed by atoms with Crippen LogP contribution in [0.25, 0.3) is 83.1 Å². The van der Waals surface area contributed by atoms with Crippen molar-refractivity contribution >= 4 is 43.7 Å². The first-order chi connectivity index (χ1) is 21.8. The van der Waals surface area contributed by atoms with Gasteiger partial charge in [0.15, 0.2) is 0 Å². The Kier molecular flexibility index (Phi) is 5.50. The maximum absolute atomic E-state index is 6.47. The molecule has 3 heterocycles. The van der Waals surface area contributed by atoms with Gasteiger partial charge in [0.2, 0.25) is 0 Å². The van der Waals surface area contributed by atoms with Gasteiger partial charge in [-0.2, -0.15) is 0 Å². The lowest BCUT2D eigenvalue weighted by atomic mass is 9.97. The molecule has 0 aliphatic rings. The molecule has 3 aromatic heterocycles. The summed E-state index contributed by atoms with van der Waals surface area (Å²) in [5, 5.41) is 4.61. The van der Waals surface area contributed by atoms with Crippen molar-refractivity contribution in [3.63, 3.8) is 0 Å². The first-order valence-electron chi connectivity index (χ1n) is 14.9. The summed E-state index contributed by atoms with van der Waals surface area (Å²) < 4.78 is 8.82. The molecule has 0 N–H and O–H groups in total. The Morgan fingerprint density at radius 3 is 1.91 bits per heavy atom. The SMILES string of the molecule is c1ccc(-c2cc(-c3cccc4c3oc3ccccc34)nc(-c3cccc4c3c3ccccc3n4-c3ccccc3)c2)cc1. The van der Waals surface area contributed by atoms with Crippen LogP contribution >= 0.6 is 0 Å². The summed E-state index contributed by atoms with van der Waals surface area (Å²) in [5.74, 6) is 0. The molecule has 3 heteroatoms. The van der Waals surface area contributed by atoms with Crippen molar-refractivity contribution in [1.29, 1.82) is 0 Å². The van der Waals surface area contributed by atoms with Crippen LogP contribution in [0.1, 0.15) is 0 Å². The highest BCUT2D eigenvalue weighted by Gasteiger charge is 2.19. The van der Waals surface area contributed by atoms with Crippen LogP contribution in [0.15, 0.2) is 162 Å². The van der Waals surface area contributed by atoms with Gasteiger partial charge in [0.1, 0.15) is 11.2 Å². The number of aromatic nitrogens is 2. The maximum Gasteiger partial charge on any atom is 0.144 e. The minimum absolute atomic E-state index is 0.858. The summed E-state index contributed by atoms with van der Waals surface area (Å²) in [6, 6.07) is 55.3. The van der Waals surface area contributed by atoms with Gasteiger partial charge in [-0.1, -0.05) is 109 Å². The average molecular weight is 563 g/mol. The molecule has 0 atom stereocenters. The van der Waals surface area contributed by atoms with Crippen molar-refractivity contribution in [2.24, 2.45) is 0 Å². The molecule has 0 amide bonds. The van der Waals surface area contributed by atoms with Crippen LogP contribution in [0, 0.1) is 0 Å². The largest absolute Gasteiger partial charge is 0.455 e. The van der Waals surface area contributed by atoms with Crippen LogP contribution in [0.4, 0.5) is 0 Å². The van der Waals surface area contributed by atoms with Crippen molar-refractivity contribution < 1.29 is 4.42 Å². The Balaban J connectivity index is 1.35. The van der Waals surface area contributed by atoms with E-state index in [9.17, 15) is 0 Å². The number of benzene rings is 6. The second-order valence-electron chi connectivity index (χ2n) is 11.2. The van der Waals surface area contributed by atoms with Gasteiger partial charge in [-0.3, -0.25) is 0 Å². The van der Waals surface area contributed by atoms with E-state index in [2.05, 4.69) is 150 Å². The van der Waals surface area contributed by atoms with Gasteiger partial charge in [-0.05, 0) is 59.7 Å². The van der Waals surface area contributed by atoms with E-state index in [1.54, 1.807) is 0 Å². The quantitative estimate of drug-likeness (QED) is 0.214. The van der Waals surface area contributed by atoms with Gasteiger partial charge >= 0.3 is 0 Å². The van der Waals surface area contributed by atoms with E-state index < -0.39 is 0 Å². The van der Waals surface area contributed by atoms with Crippen molar-refractivity contribution in [2.45, 2.75) is 0 Å². The Morgan fingerprint density at radius 2 is 1.07 bits per heavy atom. The zero-order valence-electron chi connectivity index (χ0n) is 23.8. The fourth-order valence-electron chi connectivity index (χ4n) is 6.64. The fourth-order valence-corrected chi connectivity index (χ4v) is 6.64. The van der Waals surface area contributed by atoms with E-state index in [0.717, 1.165) is 66.8 Å². The van der Waals surface area contributed by atoms with E-state index in [-0.39, 0.29) is 0 Å². The predicted octanol–water partition coefficient (Wildman–Crippen LogP) is 11.1. The molecule has 0 aliphatic carbocycles. The van der Waals surface area contributed by atoms with E-state index in [0.29, 0.717) is 0 Å².